The molecule has 1 saturated heterocycles. The fourth-order valence-corrected chi connectivity index (χ4v) is 2.44. The van der Waals surface area contributed by atoms with Crippen LogP contribution in [0, 0.1) is 0 Å². The highest BCUT2D eigenvalue weighted by Crippen LogP contribution is 2.23. The van der Waals surface area contributed by atoms with Crippen LogP contribution < -0.4 is 10.2 Å². The third kappa shape index (κ3) is 2.94. The molecule has 0 bridgehead atoms. The number of carbonyl (C=O) groups is 2. The Morgan fingerprint density at radius 3 is 2.33 bits per heavy atom. The summed E-state index contributed by atoms with van der Waals surface area (Å²) >= 11 is 0. The minimum atomic E-state index is -0.138. The molecule has 2 aromatic rings. The highest BCUT2D eigenvalue weighted by molar-refractivity contribution is 6.04. The van der Waals surface area contributed by atoms with Gasteiger partial charge in [-0.05, 0) is 42.8 Å². The van der Waals surface area contributed by atoms with Crippen LogP contribution in [0.4, 0.5) is 11.4 Å². The van der Waals surface area contributed by atoms with Gasteiger partial charge < -0.3 is 10.2 Å². The van der Waals surface area contributed by atoms with E-state index in [1.165, 1.54) is 0 Å². The second-order valence-electron chi connectivity index (χ2n) is 5.02. The first-order valence-corrected chi connectivity index (χ1v) is 7.01. The van der Waals surface area contributed by atoms with E-state index < -0.39 is 0 Å². The third-order valence-corrected chi connectivity index (χ3v) is 3.55. The Balaban J connectivity index is 1.70. The molecule has 21 heavy (non-hydrogen) atoms. The maximum atomic E-state index is 12.0. The van der Waals surface area contributed by atoms with Gasteiger partial charge in [0.05, 0.1) is 0 Å². The van der Waals surface area contributed by atoms with E-state index in [4.69, 9.17) is 0 Å². The molecule has 0 unspecified atom stereocenters. The lowest BCUT2D eigenvalue weighted by molar-refractivity contribution is -0.117. The Labute approximate surface area is 123 Å². The van der Waals surface area contributed by atoms with E-state index >= 15 is 0 Å². The van der Waals surface area contributed by atoms with Crippen LogP contribution in [0.2, 0.25) is 0 Å². The Bertz CT molecular complexity index is 650. The molecule has 1 fully saturated rings. The largest absolute Gasteiger partial charge is 0.322 e. The van der Waals surface area contributed by atoms with E-state index in [1.54, 1.807) is 17.0 Å². The van der Waals surface area contributed by atoms with E-state index in [9.17, 15) is 9.59 Å². The minimum absolute atomic E-state index is 0.138. The molecular weight excluding hydrogens is 264 g/mol. The lowest BCUT2D eigenvalue weighted by Gasteiger charge is -2.16. The summed E-state index contributed by atoms with van der Waals surface area (Å²) in [7, 11) is 0. The summed E-state index contributed by atoms with van der Waals surface area (Å²) in [5.41, 5.74) is 2.23. The standard InChI is InChI=1S/C17H16N2O2/c20-16-7-4-12-19(16)15-10-8-14(9-11-15)18-17(21)13-5-2-1-3-6-13/h1-3,5-6,8-11H,4,7,12H2,(H,18,21). The van der Waals surface area contributed by atoms with Gasteiger partial charge in [0.15, 0.2) is 0 Å². The maximum absolute atomic E-state index is 12.0. The van der Waals surface area contributed by atoms with Crippen molar-refractivity contribution in [2.24, 2.45) is 0 Å². The number of hydrogen-bond acceptors (Lipinski definition) is 2. The molecule has 1 aliphatic rings. The topological polar surface area (TPSA) is 49.4 Å². The van der Waals surface area contributed by atoms with Crippen LogP contribution in [0.15, 0.2) is 54.6 Å². The first kappa shape index (κ1) is 13.4. The quantitative estimate of drug-likeness (QED) is 0.939. The van der Waals surface area contributed by atoms with Crippen LogP contribution in [0.3, 0.4) is 0 Å². The molecule has 3 rings (SSSR count). The number of nitrogens with one attached hydrogen (secondary N) is 1. The third-order valence-electron chi connectivity index (χ3n) is 3.55. The first-order valence-electron chi connectivity index (χ1n) is 7.01. The summed E-state index contributed by atoms with van der Waals surface area (Å²) < 4.78 is 0. The van der Waals surface area contributed by atoms with Crippen molar-refractivity contribution in [1.29, 1.82) is 0 Å². The Hall–Kier alpha value is -2.62. The molecule has 1 N–H and O–H groups in total. The fourth-order valence-electron chi connectivity index (χ4n) is 2.44. The van der Waals surface area contributed by atoms with E-state index in [-0.39, 0.29) is 11.8 Å². The molecule has 1 aliphatic heterocycles. The summed E-state index contributed by atoms with van der Waals surface area (Å²) in [4.78, 5) is 25.5. The maximum Gasteiger partial charge on any atom is 0.255 e. The van der Waals surface area contributed by atoms with Gasteiger partial charge in [-0.3, -0.25) is 9.59 Å². The fraction of sp³-hybridized carbons (Fsp3) is 0.176. The van der Waals surface area contributed by atoms with E-state index in [1.807, 2.05) is 42.5 Å². The second-order valence-corrected chi connectivity index (χ2v) is 5.02. The van der Waals surface area contributed by atoms with Crippen molar-refractivity contribution in [3.05, 3.63) is 60.2 Å². The van der Waals surface area contributed by atoms with Gasteiger partial charge in [0, 0.05) is 29.9 Å². The zero-order valence-corrected chi connectivity index (χ0v) is 11.6. The SMILES string of the molecule is O=C(Nc1ccc(N2CCCC2=O)cc1)c1ccccc1. The number of hydrogen-bond donors (Lipinski definition) is 1. The van der Waals surface area contributed by atoms with Crippen molar-refractivity contribution in [3.8, 4) is 0 Å². The number of carbonyl (C=O) groups excluding carboxylic acids is 2. The zero-order chi connectivity index (χ0) is 14.7. The van der Waals surface area contributed by atoms with Gasteiger partial charge in [-0.1, -0.05) is 18.2 Å². The van der Waals surface area contributed by atoms with E-state index in [2.05, 4.69) is 5.32 Å². The number of nitrogens with zero attached hydrogens (tertiary/aromatic N) is 1. The summed E-state index contributed by atoms with van der Waals surface area (Å²) in [6, 6.07) is 16.4. The predicted molar refractivity (Wildman–Crippen MR) is 82.4 cm³/mol. The molecule has 0 spiro atoms. The molecule has 0 atom stereocenters. The van der Waals surface area contributed by atoms with Gasteiger partial charge in [-0.25, -0.2) is 0 Å². The normalized spacial score (nSPS) is 14.3. The van der Waals surface area contributed by atoms with E-state index in [0.717, 1.165) is 24.3 Å². The molecule has 4 heteroatoms. The molecule has 1 heterocycles. The highest BCUT2D eigenvalue weighted by Gasteiger charge is 2.21. The van der Waals surface area contributed by atoms with Gasteiger partial charge in [-0.2, -0.15) is 0 Å². The van der Waals surface area contributed by atoms with Crippen molar-refractivity contribution < 1.29 is 9.59 Å². The Morgan fingerprint density at radius 1 is 1.00 bits per heavy atom. The van der Waals surface area contributed by atoms with Crippen molar-refractivity contribution >= 4 is 23.2 Å². The van der Waals surface area contributed by atoms with E-state index in [0.29, 0.717) is 12.0 Å². The van der Waals surface area contributed by atoms with Crippen LogP contribution in [0.5, 0.6) is 0 Å². The number of amides is 2. The Morgan fingerprint density at radius 2 is 1.71 bits per heavy atom. The molecule has 106 valence electrons. The van der Waals surface area contributed by atoms with Crippen LogP contribution >= 0.6 is 0 Å². The van der Waals surface area contributed by atoms with Crippen molar-refractivity contribution in [2.45, 2.75) is 12.8 Å². The number of benzene rings is 2. The average molecular weight is 280 g/mol. The molecular formula is C17H16N2O2. The molecule has 2 aromatic carbocycles. The number of anilines is 2. The minimum Gasteiger partial charge on any atom is -0.322 e. The van der Waals surface area contributed by atoms with Crippen LogP contribution in [0.25, 0.3) is 0 Å². The molecule has 0 saturated carbocycles. The molecule has 0 aromatic heterocycles. The lowest BCUT2D eigenvalue weighted by Crippen LogP contribution is -2.23. The molecule has 4 nitrogen and oxygen atoms in total. The zero-order valence-electron chi connectivity index (χ0n) is 11.6. The summed E-state index contributed by atoms with van der Waals surface area (Å²) in [6.07, 6.45) is 1.53. The second kappa shape index (κ2) is 5.79. The molecule has 0 aliphatic carbocycles. The van der Waals surface area contributed by atoms with Crippen LogP contribution in [-0.4, -0.2) is 18.4 Å². The summed E-state index contributed by atoms with van der Waals surface area (Å²) in [5.74, 6) is 0.0247. The van der Waals surface area contributed by atoms with Crippen LogP contribution in [-0.2, 0) is 4.79 Å². The first-order chi connectivity index (χ1) is 10.2. The van der Waals surface area contributed by atoms with Gasteiger partial charge >= 0.3 is 0 Å². The van der Waals surface area contributed by atoms with Crippen molar-refractivity contribution in [3.63, 3.8) is 0 Å². The van der Waals surface area contributed by atoms with Gasteiger partial charge in [-0.15, -0.1) is 0 Å². The summed E-state index contributed by atoms with van der Waals surface area (Å²) in [5, 5.41) is 2.84. The van der Waals surface area contributed by atoms with Crippen molar-refractivity contribution in [2.75, 3.05) is 16.8 Å². The monoisotopic (exact) mass is 280 g/mol. The van der Waals surface area contributed by atoms with Gasteiger partial charge in [0.1, 0.15) is 0 Å². The van der Waals surface area contributed by atoms with Gasteiger partial charge in [0.2, 0.25) is 5.91 Å². The average Bonchev–Trinajstić information content (AvgIpc) is 2.95. The predicted octanol–water partition coefficient (Wildman–Crippen LogP) is 3.07. The molecule has 0 radical (unpaired) electrons. The van der Waals surface area contributed by atoms with Crippen LogP contribution in [0.1, 0.15) is 23.2 Å². The summed E-state index contributed by atoms with van der Waals surface area (Å²) in [6.45, 7) is 0.772. The van der Waals surface area contributed by atoms with Crippen molar-refractivity contribution in [1.82, 2.24) is 0 Å². The number of rotatable bonds is 3. The Kier molecular flexibility index (Phi) is 3.69. The van der Waals surface area contributed by atoms with Gasteiger partial charge in [0.25, 0.3) is 5.91 Å². The lowest BCUT2D eigenvalue weighted by atomic mass is 10.2. The smallest absolute Gasteiger partial charge is 0.255 e. The highest BCUT2D eigenvalue weighted by atomic mass is 16.2. The molecule has 2 amide bonds.